The molecule has 1 N–H and O–H groups in total. The molecule has 0 amide bonds. The van der Waals surface area contributed by atoms with E-state index in [0.717, 1.165) is 31.5 Å². The summed E-state index contributed by atoms with van der Waals surface area (Å²) < 4.78 is 0. The fraction of sp³-hybridized carbons (Fsp3) is 0.588. The first-order valence-electron chi connectivity index (χ1n) is 7.41. The molecule has 1 aliphatic heterocycles. The van der Waals surface area contributed by atoms with Crippen molar-refractivity contribution in [3.8, 4) is 0 Å². The van der Waals surface area contributed by atoms with Gasteiger partial charge in [0.1, 0.15) is 0 Å². The summed E-state index contributed by atoms with van der Waals surface area (Å²) in [5, 5.41) is 9.67. The van der Waals surface area contributed by atoms with Crippen LogP contribution in [-0.4, -0.2) is 35.0 Å². The third-order valence-electron chi connectivity index (χ3n) is 3.97. The van der Waals surface area contributed by atoms with Crippen LogP contribution in [0, 0.1) is 5.41 Å². The van der Waals surface area contributed by atoms with Gasteiger partial charge in [-0.2, -0.15) is 0 Å². The molecule has 1 aromatic carbocycles. The monoisotopic (exact) mass is 275 g/mol. The van der Waals surface area contributed by atoms with E-state index in [1.807, 2.05) is 51.1 Å². The molecule has 0 radical (unpaired) electrons. The maximum atomic E-state index is 12.8. The van der Waals surface area contributed by atoms with E-state index in [-0.39, 0.29) is 23.3 Å². The highest BCUT2D eigenvalue weighted by Crippen LogP contribution is 2.32. The molecule has 0 aromatic heterocycles. The second-order valence-electron chi connectivity index (χ2n) is 6.69. The summed E-state index contributed by atoms with van der Waals surface area (Å²) in [6, 6.07) is 9.80. The highest BCUT2D eigenvalue weighted by Gasteiger charge is 2.36. The number of hydrogen-bond acceptors (Lipinski definition) is 3. The molecule has 0 saturated carbocycles. The van der Waals surface area contributed by atoms with Gasteiger partial charge in [-0.15, -0.1) is 0 Å². The number of carbonyl (C=O) groups is 1. The zero-order chi connectivity index (χ0) is 14.8. The van der Waals surface area contributed by atoms with Crippen molar-refractivity contribution in [2.45, 2.75) is 45.8 Å². The van der Waals surface area contributed by atoms with Crippen LogP contribution in [0.15, 0.2) is 30.3 Å². The number of carbonyl (C=O) groups excluding carboxylic acids is 1. The third-order valence-corrected chi connectivity index (χ3v) is 3.97. The summed E-state index contributed by atoms with van der Waals surface area (Å²) in [6.07, 6.45) is 1.29. The lowest BCUT2D eigenvalue weighted by atomic mass is 9.82. The van der Waals surface area contributed by atoms with E-state index in [2.05, 4.69) is 4.90 Å². The Morgan fingerprint density at radius 2 is 1.75 bits per heavy atom. The number of ketones is 1. The Kier molecular flexibility index (Phi) is 4.61. The molecule has 1 heterocycles. The van der Waals surface area contributed by atoms with Gasteiger partial charge in [0, 0.05) is 18.5 Å². The molecule has 0 aliphatic carbocycles. The number of piperidine rings is 1. The molecular formula is C17H25NO2. The molecular weight excluding hydrogens is 250 g/mol. The fourth-order valence-electron chi connectivity index (χ4n) is 2.72. The van der Waals surface area contributed by atoms with Crippen molar-refractivity contribution in [1.29, 1.82) is 0 Å². The topological polar surface area (TPSA) is 40.5 Å². The summed E-state index contributed by atoms with van der Waals surface area (Å²) in [7, 11) is 0. The quantitative estimate of drug-likeness (QED) is 0.922. The highest BCUT2D eigenvalue weighted by molar-refractivity contribution is 5.89. The van der Waals surface area contributed by atoms with Crippen LogP contribution in [0.2, 0.25) is 0 Å². The maximum absolute atomic E-state index is 12.8. The lowest BCUT2D eigenvalue weighted by Gasteiger charge is -2.38. The zero-order valence-corrected chi connectivity index (χ0v) is 12.7. The first-order chi connectivity index (χ1) is 9.39. The van der Waals surface area contributed by atoms with Gasteiger partial charge in [-0.25, -0.2) is 0 Å². The number of rotatable bonds is 3. The number of likely N-dealkylation sites (tertiary alicyclic amines) is 1. The maximum Gasteiger partial charge on any atom is 0.159 e. The van der Waals surface area contributed by atoms with Crippen molar-refractivity contribution in [3.63, 3.8) is 0 Å². The Morgan fingerprint density at radius 3 is 2.25 bits per heavy atom. The highest BCUT2D eigenvalue weighted by atomic mass is 16.3. The predicted molar refractivity (Wildman–Crippen MR) is 80.5 cm³/mol. The van der Waals surface area contributed by atoms with Crippen LogP contribution >= 0.6 is 0 Å². The average Bonchev–Trinajstić information content (AvgIpc) is 2.41. The third kappa shape index (κ3) is 3.47. The molecule has 0 spiro atoms. The molecule has 3 nitrogen and oxygen atoms in total. The molecule has 20 heavy (non-hydrogen) atoms. The smallest absolute Gasteiger partial charge is 0.159 e. The Labute approximate surface area is 121 Å². The molecule has 0 bridgehead atoms. The standard InChI is InChI=1S/C17H25NO2/c1-17(2,3)16(20)15(13-7-5-4-6-8-13)18-11-9-14(19)10-12-18/h4-8,14-15,19H,9-12H2,1-3H3/t15-/m1/s1. The second-order valence-corrected chi connectivity index (χ2v) is 6.69. The first-order valence-corrected chi connectivity index (χ1v) is 7.41. The molecule has 3 heteroatoms. The number of benzene rings is 1. The van der Waals surface area contributed by atoms with E-state index in [1.54, 1.807) is 0 Å². The van der Waals surface area contributed by atoms with Gasteiger partial charge in [0.15, 0.2) is 5.78 Å². The van der Waals surface area contributed by atoms with Gasteiger partial charge in [0.25, 0.3) is 0 Å². The van der Waals surface area contributed by atoms with Gasteiger partial charge < -0.3 is 5.11 Å². The van der Waals surface area contributed by atoms with Crippen LogP contribution in [0.3, 0.4) is 0 Å². The van der Waals surface area contributed by atoms with Gasteiger partial charge in [-0.05, 0) is 18.4 Å². The Balaban J connectivity index is 2.28. The van der Waals surface area contributed by atoms with E-state index in [0.29, 0.717) is 0 Å². The minimum absolute atomic E-state index is 0.191. The van der Waals surface area contributed by atoms with Crippen molar-refractivity contribution in [2.75, 3.05) is 13.1 Å². The number of aliphatic hydroxyl groups is 1. The van der Waals surface area contributed by atoms with E-state index < -0.39 is 0 Å². The summed E-state index contributed by atoms with van der Waals surface area (Å²) in [6.45, 7) is 7.49. The molecule has 110 valence electrons. The minimum Gasteiger partial charge on any atom is -0.393 e. The Hall–Kier alpha value is -1.19. The van der Waals surface area contributed by atoms with E-state index in [1.165, 1.54) is 0 Å². The SMILES string of the molecule is CC(C)(C)C(=O)[C@@H](c1ccccc1)N1CCC(O)CC1. The molecule has 1 atom stereocenters. The fourth-order valence-corrected chi connectivity index (χ4v) is 2.72. The second kappa shape index (κ2) is 6.06. The Bertz CT molecular complexity index is 442. The van der Waals surface area contributed by atoms with Crippen LogP contribution in [0.1, 0.15) is 45.2 Å². The number of nitrogens with zero attached hydrogens (tertiary/aromatic N) is 1. The van der Waals surface area contributed by atoms with Gasteiger partial charge in [0.05, 0.1) is 12.1 Å². The lowest BCUT2D eigenvalue weighted by Crippen LogP contribution is -2.44. The van der Waals surface area contributed by atoms with Crippen LogP contribution in [0.25, 0.3) is 0 Å². The number of hydrogen-bond donors (Lipinski definition) is 1. The van der Waals surface area contributed by atoms with E-state index >= 15 is 0 Å². The Morgan fingerprint density at radius 1 is 1.20 bits per heavy atom. The lowest BCUT2D eigenvalue weighted by molar-refractivity contribution is -0.133. The summed E-state index contributed by atoms with van der Waals surface area (Å²) >= 11 is 0. The molecule has 1 saturated heterocycles. The molecule has 1 aliphatic rings. The summed E-state index contributed by atoms with van der Waals surface area (Å²) in [5.74, 6) is 0.250. The van der Waals surface area contributed by atoms with Gasteiger partial charge in [-0.1, -0.05) is 51.1 Å². The van der Waals surface area contributed by atoms with Gasteiger partial charge in [-0.3, -0.25) is 9.69 Å². The summed E-state index contributed by atoms with van der Waals surface area (Å²) in [5.41, 5.74) is 0.695. The first kappa shape index (κ1) is 15.2. The van der Waals surface area contributed by atoms with Crippen LogP contribution in [0.4, 0.5) is 0 Å². The van der Waals surface area contributed by atoms with Gasteiger partial charge >= 0.3 is 0 Å². The number of Topliss-reactive ketones (excluding diaryl/α,β-unsaturated/α-hetero) is 1. The number of aliphatic hydroxyl groups excluding tert-OH is 1. The van der Waals surface area contributed by atoms with Gasteiger partial charge in [0.2, 0.25) is 0 Å². The molecule has 1 fully saturated rings. The molecule has 0 unspecified atom stereocenters. The van der Waals surface area contributed by atoms with Crippen molar-refractivity contribution in [1.82, 2.24) is 4.90 Å². The molecule has 1 aromatic rings. The van der Waals surface area contributed by atoms with Crippen molar-refractivity contribution in [2.24, 2.45) is 5.41 Å². The summed E-state index contributed by atoms with van der Waals surface area (Å²) in [4.78, 5) is 15.1. The molecule has 2 rings (SSSR count). The van der Waals surface area contributed by atoms with Crippen molar-refractivity contribution < 1.29 is 9.90 Å². The largest absolute Gasteiger partial charge is 0.393 e. The minimum atomic E-state index is -0.365. The average molecular weight is 275 g/mol. The van der Waals surface area contributed by atoms with Crippen LogP contribution in [-0.2, 0) is 4.79 Å². The van der Waals surface area contributed by atoms with E-state index in [4.69, 9.17) is 0 Å². The van der Waals surface area contributed by atoms with Crippen molar-refractivity contribution in [3.05, 3.63) is 35.9 Å². The van der Waals surface area contributed by atoms with Crippen LogP contribution < -0.4 is 0 Å². The van der Waals surface area contributed by atoms with Crippen LogP contribution in [0.5, 0.6) is 0 Å². The zero-order valence-electron chi connectivity index (χ0n) is 12.7. The van der Waals surface area contributed by atoms with Crippen molar-refractivity contribution >= 4 is 5.78 Å². The van der Waals surface area contributed by atoms with E-state index in [9.17, 15) is 9.90 Å². The normalized spacial score (nSPS) is 19.8. The predicted octanol–water partition coefficient (Wildman–Crippen LogP) is 2.80.